The van der Waals surface area contributed by atoms with E-state index in [4.69, 9.17) is 11.6 Å². The van der Waals surface area contributed by atoms with Crippen molar-refractivity contribution in [2.24, 2.45) is 0 Å². The van der Waals surface area contributed by atoms with Gasteiger partial charge in [-0.2, -0.15) is 0 Å². The summed E-state index contributed by atoms with van der Waals surface area (Å²) >= 11 is 6.16. The van der Waals surface area contributed by atoms with Crippen molar-refractivity contribution in [2.45, 2.75) is 9.79 Å². The monoisotopic (exact) mass is 662 g/mol. The summed E-state index contributed by atoms with van der Waals surface area (Å²) in [5.74, 6) is -0.893. The van der Waals surface area contributed by atoms with Crippen molar-refractivity contribution < 1.29 is 25.6 Å². The van der Waals surface area contributed by atoms with Crippen LogP contribution in [0.3, 0.4) is 0 Å². The number of hydrogen-bond acceptors (Lipinski definition) is 6. The van der Waals surface area contributed by atoms with Gasteiger partial charge >= 0.3 is 0 Å². The number of aromatic nitrogens is 2. The summed E-state index contributed by atoms with van der Waals surface area (Å²) in [6.45, 7) is 3.71. The van der Waals surface area contributed by atoms with Gasteiger partial charge < -0.3 is 0 Å². The second kappa shape index (κ2) is 12.5. The van der Waals surface area contributed by atoms with Crippen molar-refractivity contribution in [1.29, 1.82) is 0 Å². The van der Waals surface area contributed by atoms with Crippen LogP contribution in [0.5, 0.6) is 0 Å². The molecule has 2 heterocycles. The molecular formula is C34H25ClF2N2O4S2. The Labute approximate surface area is 264 Å². The highest BCUT2D eigenvalue weighted by atomic mass is 35.5. The SMILES string of the molecule is C=Cc1nc2c(F)cccc2cc1-c1ccccc1S(C)(=O)=O.CS(=O)(=O)c1ccccc1-c1cc2cccc(F)c2nc1Cl. The quantitative estimate of drug-likeness (QED) is 0.173. The molecule has 0 unspecified atom stereocenters. The second-order valence-electron chi connectivity index (χ2n) is 10.1. The topological polar surface area (TPSA) is 94.1 Å². The van der Waals surface area contributed by atoms with Crippen molar-refractivity contribution in [3.05, 3.63) is 126 Å². The molecule has 0 spiro atoms. The smallest absolute Gasteiger partial charge is 0.176 e. The van der Waals surface area contributed by atoms with Crippen molar-refractivity contribution in [3.8, 4) is 22.3 Å². The molecule has 6 rings (SSSR count). The molecule has 0 saturated carbocycles. The summed E-state index contributed by atoms with van der Waals surface area (Å²) in [6.07, 6.45) is 3.79. The molecule has 45 heavy (non-hydrogen) atoms. The summed E-state index contributed by atoms with van der Waals surface area (Å²) in [6, 6.07) is 25.9. The predicted molar refractivity (Wildman–Crippen MR) is 176 cm³/mol. The van der Waals surface area contributed by atoms with Gasteiger partial charge in [0.05, 0.1) is 15.5 Å². The third kappa shape index (κ3) is 6.63. The van der Waals surface area contributed by atoms with E-state index < -0.39 is 31.3 Å². The van der Waals surface area contributed by atoms with Crippen LogP contribution < -0.4 is 0 Å². The van der Waals surface area contributed by atoms with Gasteiger partial charge in [-0.15, -0.1) is 0 Å². The van der Waals surface area contributed by atoms with Gasteiger partial charge in [-0.1, -0.05) is 78.8 Å². The Morgan fingerprint density at radius 3 is 1.56 bits per heavy atom. The first kappa shape index (κ1) is 31.9. The maximum Gasteiger partial charge on any atom is 0.176 e. The highest BCUT2D eigenvalue weighted by molar-refractivity contribution is 7.91. The molecule has 0 aliphatic heterocycles. The molecule has 6 aromatic rings. The van der Waals surface area contributed by atoms with Crippen LogP contribution in [0.25, 0.3) is 50.1 Å². The van der Waals surface area contributed by atoms with Gasteiger partial charge in [-0.3, -0.25) is 0 Å². The lowest BCUT2D eigenvalue weighted by molar-refractivity contribution is 0.600. The Bertz CT molecular complexity index is 2350. The minimum absolute atomic E-state index is 0.0636. The van der Waals surface area contributed by atoms with Crippen LogP contribution in [0.4, 0.5) is 8.78 Å². The van der Waals surface area contributed by atoms with Crippen LogP contribution in [0, 0.1) is 11.6 Å². The Balaban J connectivity index is 0.000000178. The van der Waals surface area contributed by atoms with E-state index in [0.29, 0.717) is 38.7 Å². The maximum atomic E-state index is 13.9. The number of para-hydroxylation sites is 2. The zero-order valence-electron chi connectivity index (χ0n) is 24.0. The summed E-state index contributed by atoms with van der Waals surface area (Å²) in [7, 11) is -6.82. The molecule has 0 N–H and O–H groups in total. The molecule has 0 radical (unpaired) electrons. The molecule has 0 amide bonds. The van der Waals surface area contributed by atoms with Gasteiger partial charge in [0.2, 0.25) is 0 Å². The Morgan fingerprint density at radius 1 is 0.622 bits per heavy atom. The number of nitrogens with zero attached hydrogens (tertiary/aromatic N) is 2. The van der Waals surface area contributed by atoms with Crippen LogP contribution in [-0.2, 0) is 19.7 Å². The van der Waals surface area contributed by atoms with E-state index in [2.05, 4.69) is 16.5 Å². The highest BCUT2D eigenvalue weighted by Gasteiger charge is 2.19. The standard InChI is InChI=1S/C18H14FNO2S.C16H11ClFNO2S/c1-3-16-14(11-12-7-6-9-15(19)18(12)20-16)13-8-4-5-10-17(13)23(2,21)22;1-22(20,21)14-8-3-2-6-11(14)12-9-10-5-4-7-13(18)15(10)19-16(12)17/h3-11H,1H2,2H3;2-9H,1H3. The van der Waals surface area contributed by atoms with Gasteiger partial charge in [0, 0.05) is 45.5 Å². The number of fused-ring (bicyclic) bond motifs is 2. The first-order valence-electron chi connectivity index (χ1n) is 13.3. The molecule has 0 atom stereocenters. The Morgan fingerprint density at radius 2 is 1.07 bits per heavy atom. The fraction of sp³-hybridized carbons (Fsp3) is 0.0588. The van der Waals surface area contributed by atoms with Crippen LogP contribution in [0.2, 0.25) is 5.15 Å². The van der Waals surface area contributed by atoms with E-state index in [1.165, 1.54) is 24.3 Å². The lowest BCUT2D eigenvalue weighted by Gasteiger charge is -2.12. The zero-order valence-corrected chi connectivity index (χ0v) is 26.4. The number of halogens is 3. The minimum atomic E-state index is -3.42. The van der Waals surface area contributed by atoms with E-state index >= 15 is 0 Å². The lowest BCUT2D eigenvalue weighted by Crippen LogP contribution is -2.01. The normalized spacial score (nSPS) is 11.7. The molecule has 11 heteroatoms. The number of benzene rings is 4. The molecule has 0 aliphatic carbocycles. The molecule has 0 fully saturated rings. The summed E-state index contributed by atoms with van der Waals surface area (Å²) in [5.41, 5.74) is 2.90. The number of rotatable bonds is 5. The van der Waals surface area contributed by atoms with E-state index in [0.717, 1.165) is 12.5 Å². The molecule has 0 bridgehead atoms. The molecule has 6 nitrogen and oxygen atoms in total. The van der Waals surface area contributed by atoms with Gasteiger partial charge in [0.25, 0.3) is 0 Å². The van der Waals surface area contributed by atoms with Gasteiger partial charge in [0.1, 0.15) is 27.8 Å². The van der Waals surface area contributed by atoms with Crippen LogP contribution in [-0.4, -0.2) is 39.3 Å². The van der Waals surface area contributed by atoms with Crippen LogP contribution >= 0.6 is 11.6 Å². The van der Waals surface area contributed by atoms with E-state index in [1.807, 2.05) is 0 Å². The average molecular weight is 663 g/mol. The van der Waals surface area contributed by atoms with E-state index in [1.54, 1.807) is 78.9 Å². The molecule has 4 aromatic carbocycles. The van der Waals surface area contributed by atoms with Gasteiger partial charge in [0.15, 0.2) is 19.7 Å². The molecule has 2 aromatic heterocycles. The second-order valence-corrected chi connectivity index (χ2v) is 14.4. The summed E-state index contributed by atoms with van der Waals surface area (Å²) < 4.78 is 75.6. The van der Waals surface area contributed by atoms with E-state index in [9.17, 15) is 25.6 Å². The number of sulfone groups is 2. The van der Waals surface area contributed by atoms with Crippen LogP contribution in [0.15, 0.2) is 113 Å². The van der Waals surface area contributed by atoms with Crippen molar-refractivity contribution in [1.82, 2.24) is 9.97 Å². The first-order chi connectivity index (χ1) is 21.3. The predicted octanol–water partition coefficient (Wildman–Crippen LogP) is 8.19. The Kier molecular flexibility index (Phi) is 8.84. The minimum Gasteiger partial charge on any atom is -0.245 e. The fourth-order valence-corrected chi connectivity index (χ4v) is 6.95. The molecule has 0 aliphatic rings. The molecule has 0 saturated heterocycles. The van der Waals surface area contributed by atoms with Crippen LogP contribution in [0.1, 0.15) is 5.69 Å². The summed E-state index contributed by atoms with van der Waals surface area (Å²) in [5, 5.41) is 1.23. The van der Waals surface area contributed by atoms with Crippen molar-refractivity contribution >= 4 is 59.2 Å². The third-order valence-electron chi connectivity index (χ3n) is 6.92. The van der Waals surface area contributed by atoms with E-state index in [-0.39, 0.29) is 26.0 Å². The lowest BCUT2D eigenvalue weighted by atomic mass is 10.0. The zero-order chi connectivity index (χ0) is 32.5. The molecule has 228 valence electrons. The van der Waals surface area contributed by atoms with Gasteiger partial charge in [-0.05, 0) is 42.5 Å². The van der Waals surface area contributed by atoms with Crippen molar-refractivity contribution in [2.75, 3.05) is 12.5 Å². The Hall–Kier alpha value is -4.51. The molecular weight excluding hydrogens is 638 g/mol. The number of pyridine rings is 2. The van der Waals surface area contributed by atoms with Gasteiger partial charge in [-0.25, -0.2) is 35.6 Å². The highest BCUT2D eigenvalue weighted by Crippen LogP contribution is 2.35. The van der Waals surface area contributed by atoms with Crippen molar-refractivity contribution in [3.63, 3.8) is 0 Å². The number of hydrogen-bond donors (Lipinski definition) is 0. The summed E-state index contributed by atoms with van der Waals surface area (Å²) in [4.78, 5) is 8.75. The largest absolute Gasteiger partial charge is 0.245 e. The average Bonchev–Trinajstić information content (AvgIpc) is 3.00. The maximum absolute atomic E-state index is 13.9. The third-order valence-corrected chi connectivity index (χ3v) is 9.52. The fourth-order valence-electron chi connectivity index (χ4n) is 4.90. The first-order valence-corrected chi connectivity index (χ1v) is 17.5.